The first-order valence-electron chi connectivity index (χ1n) is 7.07. The normalized spacial score (nSPS) is 16.3. The second-order valence-corrected chi connectivity index (χ2v) is 5.59. The number of rotatable bonds is 6. The molecule has 116 valence electrons. The highest BCUT2D eigenvalue weighted by molar-refractivity contribution is 6.32. The fourth-order valence-electron chi connectivity index (χ4n) is 2.26. The molecule has 0 bridgehead atoms. The molecule has 0 radical (unpaired) electrons. The Labute approximate surface area is 129 Å². The average molecular weight is 314 g/mol. The fraction of sp³-hybridized carbons (Fsp3) is 0.533. The lowest BCUT2D eigenvalue weighted by molar-refractivity contribution is -0.140. The molecule has 0 unspecified atom stereocenters. The SMILES string of the molecule is CC[C@H](C)[C@H](NCc1cc(Cl)c2c(c1)OCCO2)C(=O)O. The van der Waals surface area contributed by atoms with Gasteiger partial charge in [0.2, 0.25) is 0 Å². The molecule has 0 aliphatic carbocycles. The number of carboxylic acid groups (broad SMARTS) is 1. The number of aliphatic carboxylic acids is 1. The lowest BCUT2D eigenvalue weighted by atomic mass is 9.99. The molecule has 1 aromatic carbocycles. The topological polar surface area (TPSA) is 67.8 Å². The van der Waals surface area contributed by atoms with Gasteiger partial charge in [0.25, 0.3) is 0 Å². The highest BCUT2D eigenvalue weighted by Crippen LogP contribution is 2.38. The number of nitrogens with one attached hydrogen (secondary N) is 1. The van der Waals surface area contributed by atoms with Crippen LogP contribution in [0.2, 0.25) is 5.02 Å². The van der Waals surface area contributed by atoms with Crippen molar-refractivity contribution >= 4 is 17.6 Å². The minimum absolute atomic E-state index is 0.0511. The third-order valence-electron chi connectivity index (χ3n) is 3.66. The van der Waals surface area contributed by atoms with E-state index in [1.165, 1.54) is 0 Å². The van der Waals surface area contributed by atoms with Crippen LogP contribution in [0.1, 0.15) is 25.8 Å². The maximum atomic E-state index is 11.3. The highest BCUT2D eigenvalue weighted by atomic mass is 35.5. The van der Waals surface area contributed by atoms with E-state index in [9.17, 15) is 9.90 Å². The van der Waals surface area contributed by atoms with Crippen molar-refractivity contribution in [2.24, 2.45) is 5.92 Å². The van der Waals surface area contributed by atoms with Crippen LogP contribution < -0.4 is 14.8 Å². The summed E-state index contributed by atoms with van der Waals surface area (Å²) in [5, 5.41) is 12.8. The van der Waals surface area contributed by atoms with E-state index < -0.39 is 12.0 Å². The number of carboxylic acids is 1. The van der Waals surface area contributed by atoms with Gasteiger partial charge in [-0.3, -0.25) is 4.79 Å². The van der Waals surface area contributed by atoms with Crippen LogP contribution in [0, 0.1) is 5.92 Å². The van der Waals surface area contributed by atoms with Crippen LogP contribution in [-0.4, -0.2) is 30.3 Å². The van der Waals surface area contributed by atoms with Crippen LogP contribution in [0.15, 0.2) is 12.1 Å². The maximum Gasteiger partial charge on any atom is 0.320 e. The summed E-state index contributed by atoms with van der Waals surface area (Å²) < 4.78 is 11.0. The van der Waals surface area contributed by atoms with Gasteiger partial charge in [-0.2, -0.15) is 0 Å². The molecule has 1 aromatic rings. The molecule has 0 saturated heterocycles. The Bertz CT molecular complexity index is 521. The van der Waals surface area contributed by atoms with Crippen molar-refractivity contribution in [1.82, 2.24) is 5.32 Å². The molecule has 0 fully saturated rings. The third-order valence-corrected chi connectivity index (χ3v) is 3.94. The van der Waals surface area contributed by atoms with Gasteiger partial charge in [0.1, 0.15) is 19.3 Å². The number of fused-ring (bicyclic) bond motifs is 1. The van der Waals surface area contributed by atoms with Crippen LogP contribution in [0.4, 0.5) is 0 Å². The second kappa shape index (κ2) is 7.00. The lowest BCUT2D eigenvalue weighted by Crippen LogP contribution is -2.41. The predicted octanol–water partition coefficient (Wildman–Crippen LogP) is 2.70. The Hall–Kier alpha value is -1.46. The zero-order chi connectivity index (χ0) is 15.4. The van der Waals surface area contributed by atoms with Gasteiger partial charge in [0, 0.05) is 6.54 Å². The van der Waals surface area contributed by atoms with E-state index in [-0.39, 0.29) is 5.92 Å². The number of hydrogen-bond acceptors (Lipinski definition) is 4. The number of benzene rings is 1. The molecule has 21 heavy (non-hydrogen) atoms. The average Bonchev–Trinajstić information content (AvgIpc) is 2.47. The summed E-state index contributed by atoms with van der Waals surface area (Å²) in [5.41, 5.74) is 0.874. The predicted molar refractivity (Wildman–Crippen MR) is 80.2 cm³/mol. The van der Waals surface area contributed by atoms with E-state index in [1.807, 2.05) is 19.9 Å². The summed E-state index contributed by atoms with van der Waals surface area (Å²) in [6, 6.07) is 3.03. The van der Waals surface area contributed by atoms with Gasteiger partial charge in [-0.1, -0.05) is 31.9 Å². The van der Waals surface area contributed by atoms with Gasteiger partial charge in [0.05, 0.1) is 5.02 Å². The van der Waals surface area contributed by atoms with E-state index in [2.05, 4.69) is 5.32 Å². The third kappa shape index (κ3) is 3.80. The molecule has 2 atom stereocenters. The molecule has 6 heteroatoms. The van der Waals surface area contributed by atoms with Crippen molar-refractivity contribution in [3.8, 4) is 11.5 Å². The Balaban J connectivity index is 2.09. The minimum atomic E-state index is -0.840. The number of carbonyl (C=O) groups is 1. The van der Waals surface area contributed by atoms with Crippen molar-refractivity contribution in [2.75, 3.05) is 13.2 Å². The van der Waals surface area contributed by atoms with Crippen LogP contribution >= 0.6 is 11.6 Å². The van der Waals surface area contributed by atoms with Gasteiger partial charge in [-0.25, -0.2) is 0 Å². The quantitative estimate of drug-likeness (QED) is 0.845. The molecule has 0 saturated carbocycles. The lowest BCUT2D eigenvalue weighted by Gasteiger charge is -2.22. The molecule has 2 N–H and O–H groups in total. The molecular weight excluding hydrogens is 294 g/mol. The van der Waals surface area contributed by atoms with Crippen LogP contribution in [0.25, 0.3) is 0 Å². The van der Waals surface area contributed by atoms with E-state index in [1.54, 1.807) is 6.07 Å². The Morgan fingerprint density at radius 3 is 2.81 bits per heavy atom. The number of ether oxygens (including phenoxy) is 2. The molecule has 0 spiro atoms. The van der Waals surface area contributed by atoms with Gasteiger partial charge in [-0.05, 0) is 23.6 Å². The first-order valence-corrected chi connectivity index (χ1v) is 7.45. The van der Waals surface area contributed by atoms with Crippen molar-refractivity contribution in [3.05, 3.63) is 22.7 Å². The van der Waals surface area contributed by atoms with E-state index in [0.29, 0.717) is 36.3 Å². The smallest absolute Gasteiger partial charge is 0.320 e. The van der Waals surface area contributed by atoms with E-state index >= 15 is 0 Å². The summed E-state index contributed by atoms with van der Waals surface area (Å²) >= 11 is 6.17. The van der Waals surface area contributed by atoms with Gasteiger partial charge in [-0.15, -0.1) is 0 Å². The summed E-state index contributed by atoms with van der Waals surface area (Å²) in [4.78, 5) is 11.3. The molecule has 5 nitrogen and oxygen atoms in total. The van der Waals surface area contributed by atoms with Gasteiger partial charge < -0.3 is 19.9 Å². The molecule has 1 aliphatic heterocycles. The van der Waals surface area contributed by atoms with E-state index in [4.69, 9.17) is 21.1 Å². The first-order chi connectivity index (χ1) is 10.0. The Morgan fingerprint density at radius 2 is 2.14 bits per heavy atom. The number of halogens is 1. The molecule has 2 rings (SSSR count). The van der Waals surface area contributed by atoms with E-state index in [0.717, 1.165) is 12.0 Å². The fourth-order valence-corrected chi connectivity index (χ4v) is 2.55. The van der Waals surface area contributed by atoms with Crippen molar-refractivity contribution in [1.29, 1.82) is 0 Å². The molecule has 1 aliphatic rings. The zero-order valence-corrected chi connectivity index (χ0v) is 12.9. The molecular formula is C15H20ClNO4. The van der Waals surface area contributed by atoms with Crippen molar-refractivity contribution in [2.45, 2.75) is 32.9 Å². The first kappa shape index (κ1) is 15.9. The van der Waals surface area contributed by atoms with Gasteiger partial charge >= 0.3 is 5.97 Å². The molecule has 1 heterocycles. The maximum absolute atomic E-state index is 11.3. The standard InChI is InChI=1S/C15H20ClNO4/c1-3-9(2)13(15(18)19)17-8-10-6-11(16)14-12(7-10)20-4-5-21-14/h6-7,9,13,17H,3-5,8H2,1-2H3,(H,18,19)/t9-,13-/m0/s1. The van der Waals surface area contributed by atoms with Crippen LogP contribution in [0.3, 0.4) is 0 Å². The molecule has 0 amide bonds. The van der Waals surface area contributed by atoms with Crippen molar-refractivity contribution in [3.63, 3.8) is 0 Å². The van der Waals surface area contributed by atoms with Crippen LogP contribution in [0.5, 0.6) is 11.5 Å². The summed E-state index contributed by atoms with van der Waals surface area (Å²) in [6.45, 7) is 5.29. The largest absolute Gasteiger partial charge is 0.486 e. The summed E-state index contributed by atoms with van der Waals surface area (Å²) in [7, 11) is 0. The number of hydrogen-bond donors (Lipinski definition) is 2. The van der Waals surface area contributed by atoms with Gasteiger partial charge in [0.15, 0.2) is 11.5 Å². The molecule has 0 aromatic heterocycles. The second-order valence-electron chi connectivity index (χ2n) is 5.18. The monoisotopic (exact) mass is 313 g/mol. The van der Waals surface area contributed by atoms with Crippen LogP contribution in [-0.2, 0) is 11.3 Å². The Morgan fingerprint density at radius 1 is 1.43 bits per heavy atom. The summed E-state index contributed by atoms with van der Waals surface area (Å²) in [5.74, 6) is 0.382. The Kier molecular flexibility index (Phi) is 5.31. The minimum Gasteiger partial charge on any atom is -0.486 e. The van der Waals surface area contributed by atoms with Crippen molar-refractivity contribution < 1.29 is 19.4 Å². The highest BCUT2D eigenvalue weighted by Gasteiger charge is 2.23. The summed E-state index contributed by atoms with van der Waals surface area (Å²) in [6.07, 6.45) is 0.797. The zero-order valence-electron chi connectivity index (χ0n) is 12.2.